The smallest absolute Gasteiger partial charge is 0.324 e. The molecule has 2 heterocycles. The highest BCUT2D eigenvalue weighted by Crippen LogP contribution is 2.10. The van der Waals surface area contributed by atoms with Crippen LogP contribution in [0.3, 0.4) is 0 Å². The zero-order chi connectivity index (χ0) is 14.8. The number of nitrogens with zero attached hydrogens (tertiary/aromatic N) is 2. The summed E-state index contributed by atoms with van der Waals surface area (Å²) in [5.41, 5.74) is 3.71. The molecule has 1 aliphatic heterocycles. The molecule has 3 rings (SSSR count). The lowest BCUT2D eigenvalue weighted by atomic mass is 10.2. The Kier molecular flexibility index (Phi) is 3.15. The molecule has 1 fully saturated rings. The molecule has 0 aliphatic carbocycles. The topological polar surface area (TPSA) is 83.4 Å². The number of nitrogens with one attached hydrogen (secondary N) is 2. The van der Waals surface area contributed by atoms with Crippen LogP contribution in [0.25, 0.3) is 5.69 Å². The molecule has 1 saturated heterocycles. The van der Waals surface area contributed by atoms with Gasteiger partial charge in [0, 0.05) is 23.6 Å². The summed E-state index contributed by atoms with van der Waals surface area (Å²) in [4.78, 5) is 34.4. The Morgan fingerprint density at radius 1 is 1.10 bits per heavy atom. The van der Waals surface area contributed by atoms with Crippen molar-refractivity contribution in [3.63, 3.8) is 0 Å². The molecule has 0 unspecified atom stereocenters. The molecule has 0 radical (unpaired) electrons. The Hall–Kier alpha value is -3.09. The summed E-state index contributed by atoms with van der Waals surface area (Å²) >= 11 is 0. The SMILES string of the molecule is O=C1CN(NC(=O)c2ccc(-n3cccc3)cc2)C(=O)N1. The van der Waals surface area contributed by atoms with Gasteiger partial charge in [0.05, 0.1) is 0 Å². The summed E-state index contributed by atoms with van der Waals surface area (Å²) in [6, 6.07) is 10.1. The molecule has 0 saturated carbocycles. The van der Waals surface area contributed by atoms with Gasteiger partial charge in [0.2, 0.25) is 5.91 Å². The van der Waals surface area contributed by atoms with Crippen LogP contribution in [0.5, 0.6) is 0 Å². The molecule has 2 aromatic rings. The molecule has 0 atom stereocenters. The highest BCUT2D eigenvalue weighted by molar-refractivity contribution is 6.04. The molecule has 7 heteroatoms. The van der Waals surface area contributed by atoms with Crippen LogP contribution in [0.4, 0.5) is 4.79 Å². The average Bonchev–Trinajstić information content (AvgIpc) is 3.10. The minimum absolute atomic E-state index is 0.175. The van der Waals surface area contributed by atoms with E-state index in [1.807, 2.05) is 29.1 Å². The maximum Gasteiger partial charge on any atom is 0.343 e. The van der Waals surface area contributed by atoms with Crippen LogP contribution in [0.15, 0.2) is 48.8 Å². The second-order valence-electron chi connectivity index (χ2n) is 4.52. The van der Waals surface area contributed by atoms with Crippen molar-refractivity contribution in [3.05, 3.63) is 54.4 Å². The zero-order valence-corrected chi connectivity index (χ0v) is 10.9. The molecule has 7 nitrogen and oxygen atoms in total. The number of hydrogen-bond acceptors (Lipinski definition) is 3. The lowest BCUT2D eigenvalue weighted by Gasteiger charge is -2.14. The van der Waals surface area contributed by atoms with E-state index in [1.165, 1.54) is 0 Å². The fourth-order valence-electron chi connectivity index (χ4n) is 2.01. The number of aromatic nitrogens is 1. The van der Waals surface area contributed by atoms with E-state index in [1.54, 1.807) is 24.3 Å². The van der Waals surface area contributed by atoms with Crippen LogP contribution in [0, 0.1) is 0 Å². The molecular weight excluding hydrogens is 272 g/mol. The molecule has 1 aromatic carbocycles. The molecule has 21 heavy (non-hydrogen) atoms. The third-order valence-corrected chi connectivity index (χ3v) is 3.06. The van der Waals surface area contributed by atoms with Gasteiger partial charge in [-0.25, -0.2) is 9.80 Å². The van der Waals surface area contributed by atoms with E-state index in [0.717, 1.165) is 10.7 Å². The summed E-state index contributed by atoms with van der Waals surface area (Å²) in [6.07, 6.45) is 3.80. The second kappa shape index (κ2) is 5.12. The standard InChI is InChI=1S/C14H12N4O3/c19-12-9-18(14(21)15-12)16-13(20)10-3-5-11(6-4-10)17-7-1-2-8-17/h1-8H,9H2,(H,16,20)(H,15,19,21). The Morgan fingerprint density at radius 2 is 1.76 bits per heavy atom. The van der Waals surface area contributed by atoms with Gasteiger partial charge in [0.15, 0.2) is 0 Å². The maximum absolute atomic E-state index is 12.0. The van der Waals surface area contributed by atoms with Crippen LogP contribution >= 0.6 is 0 Å². The van der Waals surface area contributed by atoms with Crippen LogP contribution in [0.2, 0.25) is 0 Å². The van der Waals surface area contributed by atoms with Gasteiger partial charge in [-0.1, -0.05) is 0 Å². The van der Waals surface area contributed by atoms with Gasteiger partial charge in [-0.15, -0.1) is 0 Å². The number of imide groups is 1. The fourth-order valence-corrected chi connectivity index (χ4v) is 2.01. The molecule has 1 aliphatic rings. The fraction of sp³-hybridized carbons (Fsp3) is 0.0714. The number of rotatable bonds is 3. The number of carbonyl (C=O) groups excluding carboxylic acids is 3. The second-order valence-corrected chi connectivity index (χ2v) is 4.52. The van der Waals surface area contributed by atoms with Crippen molar-refractivity contribution in [2.24, 2.45) is 0 Å². The van der Waals surface area contributed by atoms with Gasteiger partial charge in [0.1, 0.15) is 6.54 Å². The highest BCUT2D eigenvalue weighted by Gasteiger charge is 2.28. The molecule has 1 aromatic heterocycles. The lowest BCUT2D eigenvalue weighted by Crippen LogP contribution is -2.44. The Morgan fingerprint density at radius 3 is 2.33 bits per heavy atom. The van der Waals surface area contributed by atoms with Gasteiger partial charge < -0.3 is 4.57 Å². The molecule has 4 amide bonds. The molecule has 2 N–H and O–H groups in total. The van der Waals surface area contributed by atoms with Gasteiger partial charge in [0.25, 0.3) is 5.91 Å². The lowest BCUT2D eigenvalue weighted by molar-refractivity contribution is -0.118. The third-order valence-electron chi connectivity index (χ3n) is 3.06. The van der Waals surface area contributed by atoms with Gasteiger partial charge in [-0.2, -0.15) is 0 Å². The van der Waals surface area contributed by atoms with Crippen molar-refractivity contribution >= 4 is 17.8 Å². The van der Waals surface area contributed by atoms with Gasteiger partial charge in [-0.3, -0.25) is 20.3 Å². The van der Waals surface area contributed by atoms with Gasteiger partial charge in [-0.05, 0) is 36.4 Å². The largest absolute Gasteiger partial charge is 0.343 e. The molecular formula is C14H12N4O3. The number of amides is 4. The summed E-state index contributed by atoms with van der Waals surface area (Å²) in [5, 5.41) is 3.03. The quantitative estimate of drug-likeness (QED) is 0.813. The van der Waals surface area contributed by atoms with Crippen molar-refractivity contribution in [1.29, 1.82) is 0 Å². The van der Waals surface area contributed by atoms with Crippen molar-refractivity contribution in [1.82, 2.24) is 20.3 Å². The van der Waals surface area contributed by atoms with E-state index < -0.39 is 17.8 Å². The number of urea groups is 1. The van der Waals surface area contributed by atoms with E-state index >= 15 is 0 Å². The summed E-state index contributed by atoms with van der Waals surface area (Å²) in [5.74, 6) is -0.887. The van der Waals surface area contributed by atoms with Crippen LogP contribution in [0.1, 0.15) is 10.4 Å². The molecule has 0 bridgehead atoms. The number of hydrogen-bond donors (Lipinski definition) is 2. The first-order valence-electron chi connectivity index (χ1n) is 6.29. The van der Waals surface area contributed by atoms with Crippen molar-refractivity contribution in [2.75, 3.05) is 6.54 Å². The minimum Gasteiger partial charge on any atom is -0.324 e. The first kappa shape index (κ1) is 12.9. The van der Waals surface area contributed by atoms with Crippen LogP contribution < -0.4 is 10.7 Å². The summed E-state index contributed by atoms with van der Waals surface area (Å²) in [7, 11) is 0. The average molecular weight is 284 g/mol. The summed E-state index contributed by atoms with van der Waals surface area (Å²) < 4.78 is 1.91. The van der Waals surface area contributed by atoms with E-state index in [4.69, 9.17) is 0 Å². The van der Waals surface area contributed by atoms with Crippen molar-refractivity contribution in [3.8, 4) is 5.69 Å². The third kappa shape index (κ3) is 2.62. The first-order valence-corrected chi connectivity index (χ1v) is 6.29. The molecule has 0 spiro atoms. The number of benzene rings is 1. The number of carbonyl (C=O) groups is 3. The Labute approximate surface area is 120 Å². The highest BCUT2D eigenvalue weighted by atomic mass is 16.2. The predicted molar refractivity (Wildman–Crippen MR) is 73.5 cm³/mol. The van der Waals surface area contributed by atoms with E-state index in [2.05, 4.69) is 10.7 Å². The zero-order valence-electron chi connectivity index (χ0n) is 10.9. The van der Waals surface area contributed by atoms with Crippen LogP contribution in [-0.4, -0.2) is 34.0 Å². The monoisotopic (exact) mass is 284 g/mol. The Bertz CT molecular complexity index is 692. The van der Waals surface area contributed by atoms with Gasteiger partial charge >= 0.3 is 6.03 Å². The normalized spacial score (nSPS) is 14.2. The predicted octanol–water partition coefficient (Wildman–Crippen LogP) is 0.674. The minimum atomic E-state index is -0.627. The maximum atomic E-state index is 12.0. The van der Waals surface area contributed by atoms with E-state index in [-0.39, 0.29) is 6.54 Å². The first-order chi connectivity index (χ1) is 10.1. The van der Waals surface area contributed by atoms with Crippen molar-refractivity contribution < 1.29 is 14.4 Å². The van der Waals surface area contributed by atoms with Crippen molar-refractivity contribution in [2.45, 2.75) is 0 Å². The Balaban J connectivity index is 1.71. The number of hydrazine groups is 1. The van der Waals surface area contributed by atoms with E-state index in [0.29, 0.717) is 5.56 Å². The van der Waals surface area contributed by atoms with Crippen LogP contribution in [-0.2, 0) is 4.79 Å². The van der Waals surface area contributed by atoms with E-state index in [9.17, 15) is 14.4 Å². The summed E-state index contributed by atoms with van der Waals surface area (Å²) in [6.45, 7) is -0.175. The molecule has 106 valence electrons.